The molecule has 0 aromatic carbocycles. The van der Waals surface area contributed by atoms with E-state index in [9.17, 15) is 0 Å². The minimum Gasteiger partial charge on any atom is -0.500 e. The summed E-state index contributed by atoms with van der Waals surface area (Å²) in [6, 6.07) is 5.61. The molecule has 0 aliphatic heterocycles. The Morgan fingerprint density at radius 2 is 2.31 bits per heavy atom. The van der Waals surface area contributed by atoms with Crippen LogP contribution in [0.3, 0.4) is 0 Å². The normalized spacial score (nSPS) is 10.6. The Kier molecular flexibility index (Phi) is 3.52. The highest BCUT2D eigenvalue weighted by molar-refractivity contribution is 5.75. The number of allylic oxidation sites excluding steroid dienone is 1. The Hall–Kier alpha value is -1.82. The van der Waals surface area contributed by atoms with Crippen LogP contribution in [0.15, 0.2) is 30.8 Å². The van der Waals surface area contributed by atoms with Crippen molar-refractivity contribution >= 4 is 5.57 Å². The fourth-order valence-electron chi connectivity index (χ4n) is 0.857. The number of ether oxygens (including phenoxy) is 1. The summed E-state index contributed by atoms with van der Waals surface area (Å²) in [6.45, 7) is 2.44. The van der Waals surface area contributed by atoms with Crippen LogP contribution >= 0.6 is 0 Å². The summed E-state index contributed by atoms with van der Waals surface area (Å²) in [4.78, 5) is 3.86. The molecule has 1 aromatic heterocycles. The van der Waals surface area contributed by atoms with Gasteiger partial charge in [-0.25, -0.2) is 0 Å². The van der Waals surface area contributed by atoms with Gasteiger partial charge in [0.15, 0.2) is 0 Å². The van der Waals surface area contributed by atoms with E-state index in [4.69, 9.17) is 10.00 Å². The summed E-state index contributed by atoms with van der Waals surface area (Å²) >= 11 is 0. The second kappa shape index (κ2) is 4.94. The van der Waals surface area contributed by atoms with E-state index in [0.29, 0.717) is 12.2 Å². The standard InChI is InChI=1S/C10H10N2O/c1-2-13-8-10(7-11)9-3-5-12-6-4-9/h3-6,8H,2H2,1H3/b10-8-. The maximum atomic E-state index is 8.79. The lowest BCUT2D eigenvalue weighted by Gasteiger charge is -1.98. The van der Waals surface area contributed by atoms with Crippen LogP contribution in [0.2, 0.25) is 0 Å². The van der Waals surface area contributed by atoms with E-state index in [1.807, 2.05) is 6.92 Å². The van der Waals surface area contributed by atoms with Gasteiger partial charge in [0.2, 0.25) is 0 Å². The van der Waals surface area contributed by atoms with Crippen LogP contribution in [0.4, 0.5) is 0 Å². The minimum absolute atomic E-state index is 0.518. The van der Waals surface area contributed by atoms with Crippen molar-refractivity contribution in [2.24, 2.45) is 0 Å². The average molecular weight is 174 g/mol. The average Bonchev–Trinajstić information content (AvgIpc) is 2.21. The number of hydrogen-bond acceptors (Lipinski definition) is 3. The van der Waals surface area contributed by atoms with Crippen molar-refractivity contribution in [2.45, 2.75) is 6.92 Å². The molecular weight excluding hydrogens is 164 g/mol. The molecule has 66 valence electrons. The zero-order chi connectivity index (χ0) is 9.52. The molecule has 0 atom stereocenters. The Morgan fingerprint density at radius 3 is 2.85 bits per heavy atom. The van der Waals surface area contributed by atoms with Crippen LogP contribution in [0.5, 0.6) is 0 Å². The third-order valence-electron chi connectivity index (χ3n) is 1.48. The van der Waals surface area contributed by atoms with Crippen molar-refractivity contribution in [3.05, 3.63) is 36.4 Å². The van der Waals surface area contributed by atoms with E-state index in [1.54, 1.807) is 24.5 Å². The molecule has 1 rings (SSSR count). The number of nitrogens with zero attached hydrogens (tertiary/aromatic N) is 2. The lowest BCUT2D eigenvalue weighted by Crippen LogP contribution is -1.85. The number of pyridine rings is 1. The molecule has 0 amide bonds. The van der Waals surface area contributed by atoms with Crippen molar-refractivity contribution in [1.82, 2.24) is 4.98 Å². The highest BCUT2D eigenvalue weighted by Gasteiger charge is 1.98. The monoisotopic (exact) mass is 174 g/mol. The molecule has 0 aliphatic carbocycles. The Labute approximate surface area is 77.3 Å². The Morgan fingerprint density at radius 1 is 1.62 bits per heavy atom. The first-order valence-electron chi connectivity index (χ1n) is 4.00. The molecule has 0 radical (unpaired) electrons. The van der Waals surface area contributed by atoms with Crippen LogP contribution in [0.1, 0.15) is 12.5 Å². The number of nitriles is 1. The summed E-state index contributed by atoms with van der Waals surface area (Å²) in [5, 5.41) is 8.79. The smallest absolute Gasteiger partial charge is 0.103 e. The van der Waals surface area contributed by atoms with Gasteiger partial charge in [-0.1, -0.05) is 0 Å². The van der Waals surface area contributed by atoms with E-state index in [1.165, 1.54) is 6.26 Å². The fraction of sp³-hybridized carbons (Fsp3) is 0.200. The third-order valence-corrected chi connectivity index (χ3v) is 1.48. The lowest BCUT2D eigenvalue weighted by molar-refractivity contribution is 0.271. The molecule has 3 nitrogen and oxygen atoms in total. The molecule has 3 heteroatoms. The second-order valence-corrected chi connectivity index (χ2v) is 2.33. The van der Waals surface area contributed by atoms with Crippen molar-refractivity contribution in [1.29, 1.82) is 5.26 Å². The Balaban J connectivity index is 2.87. The summed E-state index contributed by atoms with van der Waals surface area (Å²) in [5.41, 5.74) is 1.34. The molecule has 1 heterocycles. The van der Waals surface area contributed by atoms with Gasteiger partial charge in [0.1, 0.15) is 12.3 Å². The molecule has 0 unspecified atom stereocenters. The first-order valence-corrected chi connectivity index (χ1v) is 4.00. The maximum absolute atomic E-state index is 8.79. The van der Waals surface area contributed by atoms with Crippen molar-refractivity contribution in [3.8, 4) is 6.07 Å². The summed E-state index contributed by atoms with van der Waals surface area (Å²) in [6.07, 6.45) is 4.76. The molecular formula is C10H10N2O. The van der Waals surface area contributed by atoms with Gasteiger partial charge >= 0.3 is 0 Å². The van der Waals surface area contributed by atoms with Crippen LogP contribution in [0.25, 0.3) is 5.57 Å². The summed E-state index contributed by atoms with van der Waals surface area (Å²) in [7, 11) is 0. The predicted molar refractivity (Wildman–Crippen MR) is 49.5 cm³/mol. The van der Waals surface area contributed by atoms with E-state index < -0.39 is 0 Å². The predicted octanol–water partition coefficient (Wildman–Crippen LogP) is 1.98. The molecule has 0 spiro atoms. The molecule has 0 aliphatic rings. The number of aromatic nitrogens is 1. The quantitative estimate of drug-likeness (QED) is 0.520. The lowest BCUT2D eigenvalue weighted by atomic mass is 10.1. The largest absolute Gasteiger partial charge is 0.500 e. The van der Waals surface area contributed by atoms with E-state index >= 15 is 0 Å². The molecule has 0 N–H and O–H groups in total. The molecule has 0 saturated heterocycles. The molecule has 13 heavy (non-hydrogen) atoms. The van der Waals surface area contributed by atoms with Crippen LogP contribution < -0.4 is 0 Å². The molecule has 0 saturated carbocycles. The van der Waals surface area contributed by atoms with E-state index in [0.717, 1.165) is 5.56 Å². The van der Waals surface area contributed by atoms with E-state index in [-0.39, 0.29) is 0 Å². The fourth-order valence-corrected chi connectivity index (χ4v) is 0.857. The van der Waals surface area contributed by atoms with Crippen molar-refractivity contribution in [3.63, 3.8) is 0 Å². The van der Waals surface area contributed by atoms with Gasteiger partial charge in [0.25, 0.3) is 0 Å². The first-order chi connectivity index (χ1) is 6.38. The third kappa shape index (κ3) is 2.60. The minimum atomic E-state index is 0.518. The van der Waals surface area contributed by atoms with Gasteiger partial charge in [0, 0.05) is 12.4 Å². The van der Waals surface area contributed by atoms with Crippen molar-refractivity contribution in [2.75, 3.05) is 6.61 Å². The van der Waals surface area contributed by atoms with Crippen LogP contribution in [-0.4, -0.2) is 11.6 Å². The molecule has 0 bridgehead atoms. The maximum Gasteiger partial charge on any atom is 0.103 e. The SMILES string of the molecule is CCO/C=C(/C#N)c1ccncc1. The highest BCUT2D eigenvalue weighted by atomic mass is 16.5. The van der Waals surface area contributed by atoms with Gasteiger partial charge in [-0.15, -0.1) is 0 Å². The van der Waals surface area contributed by atoms with E-state index in [2.05, 4.69) is 11.1 Å². The number of hydrogen-bond donors (Lipinski definition) is 0. The summed E-state index contributed by atoms with van der Waals surface area (Å²) < 4.78 is 5.04. The van der Waals surface area contributed by atoms with Gasteiger partial charge in [-0.3, -0.25) is 4.98 Å². The topological polar surface area (TPSA) is 45.9 Å². The van der Waals surface area contributed by atoms with Gasteiger partial charge in [-0.05, 0) is 24.6 Å². The molecule has 1 aromatic rings. The van der Waals surface area contributed by atoms with Gasteiger partial charge in [-0.2, -0.15) is 5.26 Å². The van der Waals surface area contributed by atoms with Crippen molar-refractivity contribution < 1.29 is 4.74 Å². The second-order valence-electron chi connectivity index (χ2n) is 2.33. The van der Waals surface area contributed by atoms with Crippen LogP contribution in [0, 0.1) is 11.3 Å². The van der Waals surface area contributed by atoms with Gasteiger partial charge in [0.05, 0.1) is 12.2 Å². The van der Waals surface area contributed by atoms with Gasteiger partial charge < -0.3 is 4.74 Å². The van der Waals surface area contributed by atoms with Crippen LogP contribution in [-0.2, 0) is 4.74 Å². The first kappa shape index (κ1) is 9.27. The highest BCUT2D eigenvalue weighted by Crippen LogP contribution is 2.11. The zero-order valence-corrected chi connectivity index (χ0v) is 7.40. The Bertz CT molecular complexity index is 325. The molecule has 0 fully saturated rings. The number of rotatable bonds is 3. The summed E-state index contributed by atoms with van der Waals surface area (Å²) in [5.74, 6) is 0. The zero-order valence-electron chi connectivity index (χ0n) is 7.40.